The number of hydrogen-bond donors (Lipinski definition) is 0. The predicted octanol–water partition coefficient (Wildman–Crippen LogP) is 4.17. The van der Waals surface area contributed by atoms with Crippen LogP contribution in [0.15, 0.2) is 42.7 Å². The summed E-state index contributed by atoms with van der Waals surface area (Å²) in [7, 11) is 0. The van der Waals surface area contributed by atoms with Gasteiger partial charge in [-0.1, -0.05) is 52.0 Å². The lowest BCUT2D eigenvalue weighted by Crippen LogP contribution is -2.12. The predicted molar refractivity (Wildman–Crippen MR) is 82.2 cm³/mol. The van der Waals surface area contributed by atoms with Crippen LogP contribution in [0.4, 0.5) is 0 Å². The molecule has 2 nitrogen and oxygen atoms in total. The Morgan fingerprint density at radius 3 is 2.30 bits per heavy atom. The summed E-state index contributed by atoms with van der Waals surface area (Å²) in [5.74, 6) is 0.0738. The monoisotopic (exact) mass is 267 g/mol. The van der Waals surface area contributed by atoms with Crippen molar-refractivity contribution in [2.45, 2.75) is 39.5 Å². The minimum absolute atomic E-state index is 0.0738. The van der Waals surface area contributed by atoms with E-state index < -0.39 is 0 Å². The molecule has 0 saturated carbocycles. The van der Waals surface area contributed by atoms with Gasteiger partial charge in [-0.3, -0.25) is 9.78 Å². The summed E-state index contributed by atoms with van der Waals surface area (Å²) < 4.78 is 0. The number of rotatable bonds is 3. The van der Waals surface area contributed by atoms with Gasteiger partial charge < -0.3 is 0 Å². The van der Waals surface area contributed by atoms with E-state index in [1.54, 1.807) is 18.5 Å². The van der Waals surface area contributed by atoms with Gasteiger partial charge in [-0.2, -0.15) is 0 Å². The Kier molecular flexibility index (Phi) is 4.03. The van der Waals surface area contributed by atoms with Crippen molar-refractivity contribution in [1.29, 1.82) is 0 Å². The molecule has 0 saturated heterocycles. The lowest BCUT2D eigenvalue weighted by Gasteiger charge is -2.19. The minimum atomic E-state index is 0.0738. The highest BCUT2D eigenvalue weighted by atomic mass is 16.1. The second kappa shape index (κ2) is 5.58. The maximum atomic E-state index is 12.6. The molecule has 0 bridgehead atoms. The fourth-order valence-electron chi connectivity index (χ4n) is 2.21. The van der Waals surface area contributed by atoms with Crippen LogP contribution in [0, 0.1) is 0 Å². The average Bonchev–Trinajstić information content (AvgIpc) is 2.45. The molecule has 0 unspecified atom stereocenters. The normalized spacial score (nSPS) is 11.4. The van der Waals surface area contributed by atoms with Gasteiger partial charge in [0.2, 0.25) is 0 Å². The van der Waals surface area contributed by atoms with Crippen molar-refractivity contribution in [1.82, 2.24) is 4.98 Å². The van der Waals surface area contributed by atoms with E-state index >= 15 is 0 Å². The van der Waals surface area contributed by atoms with Crippen LogP contribution in [-0.2, 0) is 11.8 Å². The van der Waals surface area contributed by atoms with E-state index in [9.17, 15) is 4.79 Å². The number of ketones is 1. The first kappa shape index (κ1) is 14.4. The van der Waals surface area contributed by atoms with Crippen LogP contribution in [0.5, 0.6) is 0 Å². The number of benzene rings is 1. The zero-order chi connectivity index (χ0) is 14.8. The Labute approximate surface area is 120 Å². The van der Waals surface area contributed by atoms with Gasteiger partial charge in [-0.15, -0.1) is 0 Å². The van der Waals surface area contributed by atoms with Gasteiger partial charge >= 0.3 is 0 Å². The summed E-state index contributed by atoms with van der Waals surface area (Å²) >= 11 is 0. The molecule has 2 heteroatoms. The van der Waals surface area contributed by atoms with Crippen molar-refractivity contribution in [2.75, 3.05) is 0 Å². The third kappa shape index (κ3) is 2.96. The summed E-state index contributed by atoms with van der Waals surface area (Å²) in [6, 6.07) is 9.73. The van der Waals surface area contributed by atoms with E-state index in [4.69, 9.17) is 0 Å². The Hall–Kier alpha value is -1.96. The first-order valence-electron chi connectivity index (χ1n) is 7.01. The van der Waals surface area contributed by atoms with Crippen molar-refractivity contribution in [2.24, 2.45) is 0 Å². The molecule has 0 radical (unpaired) electrons. The van der Waals surface area contributed by atoms with Crippen molar-refractivity contribution in [3.05, 3.63) is 65.0 Å². The number of pyridine rings is 1. The third-order valence-electron chi connectivity index (χ3n) is 3.54. The maximum Gasteiger partial charge on any atom is 0.193 e. The van der Waals surface area contributed by atoms with Crippen LogP contribution in [0.2, 0.25) is 0 Å². The molecule has 0 aliphatic heterocycles. The maximum absolute atomic E-state index is 12.6. The second-order valence-corrected chi connectivity index (χ2v) is 6.04. The fraction of sp³-hybridized carbons (Fsp3) is 0.333. The smallest absolute Gasteiger partial charge is 0.193 e. The van der Waals surface area contributed by atoms with Crippen molar-refractivity contribution < 1.29 is 4.79 Å². The molecule has 0 atom stereocenters. The van der Waals surface area contributed by atoms with Crippen molar-refractivity contribution >= 4 is 5.78 Å². The van der Waals surface area contributed by atoms with Gasteiger partial charge in [0, 0.05) is 23.5 Å². The zero-order valence-electron chi connectivity index (χ0n) is 12.6. The molecule has 2 rings (SSSR count). The lowest BCUT2D eigenvalue weighted by molar-refractivity contribution is 0.103. The Morgan fingerprint density at radius 2 is 1.75 bits per heavy atom. The molecule has 104 valence electrons. The van der Waals surface area contributed by atoms with Crippen LogP contribution in [0.3, 0.4) is 0 Å². The molecule has 0 aliphatic rings. The van der Waals surface area contributed by atoms with Crippen LogP contribution in [0.1, 0.15) is 54.7 Å². The molecule has 1 aromatic heterocycles. The molecule has 0 N–H and O–H groups in total. The molecule has 1 heterocycles. The minimum Gasteiger partial charge on any atom is -0.289 e. The first-order chi connectivity index (χ1) is 9.43. The van der Waals surface area contributed by atoms with E-state index in [0.29, 0.717) is 0 Å². The molecule has 0 fully saturated rings. The van der Waals surface area contributed by atoms with Crippen molar-refractivity contribution in [3.63, 3.8) is 0 Å². The van der Waals surface area contributed by atoms with E-state index in [1.807, 2.05) is 31.2 Å². The van der Waals surface area contributed by atoms with Gasteiger partial charge in [0.1, 0.15) is 0 Å². The Balaban J connectivity index is 2.34. The highest BCUT2D eigenvalue weighted by Gasteiger charge is 2.16. The number of aromatic nitrogens is 1. The molecule has 20 heavy (non-hydrogen) atoms. The summed E-state index contributed by atoms with van der Waals surface area (Å²) in [4.78, 5) is 16.6. The second-order valence-electron chi connectivity index (χ2n) is 6.04. The summed E-state index contributed by atoms with van der Waals surface area (Å²) in [6.07, 6.45) is 4.27. The molecule has 0 amide bonds. The average molecular weight is 267 g/mol. The van der Waals surface area contributed by atoms with Crippen LogP contribution < -0.4 is 0 Å². The van der Waals surface area contributed by atoms with Crippen LogP contribution in [-0.4, -0.2) is 10.8 Å². The number of nitrogens with zero attached hydrogens (tertiary/aromatic N) is 1. The van der Waals surface area contributed by atoms with Crippen molar-refractivity contribution in [3.8, 4) is 0 Å². The van der Waals surface area contributed by atoms with Gasteiger partial charge in [-0.05, 0) is 29.0 Å². The SMILES string of the molecule is CCc1cnccc1C(=O)c1ccc(C(C)(C)C)cc1. The van der Waals surface area contributed by atoms with E-state index in [1.165, 1.54) is 5.56 Å². The highest BCUT2D eigenvalue weighted by Crippen LogP contribution is 2.23. The topological polar surface area (TPSA) is 30.0 Å². The number of hydrogen-bond acceptors (Lipinski definition) is 2. The molecular formula is C18H21NO. The van der Waals surface area contributed by atoms with Crippen LogP contribution in [0.25, 0.3) is 0 Å². The number of carbonyl (C=O) groups excluding carboxylic acids is 1. The highest BCUT2D eigenvalue weighted by molar-refractivity contribution is 6.09. The standard InChI is InChI=1S/C18H21NO/c1-5-13-12-19-11-10-16(13)17(20)14-6-8-15(9-7-14)18(2,3)4/h6-12H,5H2,1-4H3. The van der Waals surface area contributed by atoms with Gasteiger partial charge in [0.05, 0.1) is 0 Å². The first-order valence-corrected chi connectivity index (χ1v) is 7.01. The lowest BCUT2D eigenvalue weighted by atomic mass is 9.86. The molecule has 2 aromatic rings. The van der Waals surface area contributed by atoms with Gasteiger partial charge in [-0.25, -0.2) is 0 Å². The van der Waals surface area contributed by atoms with Gasteiger partial charge in [0.15, 0.2) is 5.78 Å². The fourth-order valence-corrected chi connectivity index (χ4v) is 2.21. The molecule has 1 aromatic carbocycles. The number of aryl methyl sites for hydroxylation is 1. The van der Waals surface area contributed by atoms with Gasteiger partial charge in [0.25, 0.3) is 0 Å². The Bertz CT molecular complexity index is 606. The number of carbonyl (C=O) groups is 1. The summed E-state index contributed by atoms with van der Waals surface area (Å²) in [6.45, 7) is 8.54. The third-order valence-corrected chi connectivity index (χ3v) is 3.54. The summed E-state index contributed by atoms with van der Waals surface area (Å²) in [5, 5.41) is 0. The Morgan fingerprint density at radius 1 is 1.10 bits per heavy atom. The van der Waals surface area contributed by atoms with E-state index in [-0.39, 0.29) is 11.2 Å². The molecular weight excluding hydrogens is 246 g/mol. The largest absolute Gasteiger partial charge is 0.289 e. The van der Waals surface area contributed by atoms with E-state index in [0.717, 1.165) is 23.1 Å². The molecule has 0 spiro atoms. The summed E-state index contributed by atoms with van der Waals surface area (Å²) in [5.41, 5.74) is 3.83. The quantitative estimate of drug-likeness (QED) is 0.781. The zero-order valence-corrected chi connectivity index (χ0v) is 12.6. The van der Waals surface area contributed by atoms with Crippen LogP contribution >= 0.6 is 0 Å². The van der Waals surface area contributed by atoms with E-state index in [2.05, 4.69) is 25.8 Å². The molecule has 0 aliphatic carbocycles.